The molecule has 0 radical (unpaired) electrons. The minimum Gasteiger partial charge on any atom is -0.462 e. The highest BCUT2D eigenvalue weighted by Crippen LogP contribution is 2.42. The van der Waals surface area contributed by atoms with E-state index < -0.39 is 45.4 Å². The number of carbonyl (C=O) groups is 4. The van der Waals surface area contributed by atoms with Crippen LogP contribution in [0.15, 0.2) is 60.3 Å². The molecular weight excluding hydrogens is 549 g/mol. The summed E-state index contributed by atoms with van der Waals surface area (Å²) in [5.74, 6) is -2.50. The average Bonchev–Trinajstić information content (AvgIpc) is 3.13. The second-order valence-corrected chi connectivity index (χ2v) is 9.66. The van der Waals surface area contributed by atoms with Crippen molar-refractivity contribution in [3.63, 3.8) is 0 Å². The molecule has 0 saturated carbocycles. The number of benzene rings is 2. The van der Waals surface area contributed by atoms with Crippen LogP contribution in [0.5, 0.6) is 0 Å². The van der Waals surface area contributed by atoms with Gasteiger partial charge in [-0.2, -0.15) is 13.2 Å². The van der Waals surface area contributed by atoms with E-state index in [0.29, 0.717) is 12.1 Å². The molecule has 1 N–H and O–H groups in total. The number of hydrogen-bond donors (Lipinski definition) is 1. The van der Waals surface area contributed by atoms with Gasteiger partial charge < -0.3 is 10.1 Å². The van der Waals surface area contributed by atoms with Gasteiger partial charge in [-0.15, -0.1) is 0 Å². The summed E-state index contributed by atoms with van der Waals surface area (Å²) in [5, 5.41) is 2.33. The number of rotatable bonds is 9. The van der Waals surface area contributed by atoms with Gasteiger partial charge in [0.05, 0.1) is 28.3 Å². The van der Waals surface area contributed by atoms with Crippen molar-refractivity contribution < 1.29 is 37.1 Å². The van der Waals surface area contributed by atoms with Crippen molar-refractivity contribution in [3.8, 4) is 0 Å². The van der Waals surface area contributed by atoms with Crippen LogP contribution in [0.1, 0.15) is 50.8 Å². The SMILES string of the molecule is CCOC(=O)/C(=C/N(C(=O)/C=C/Cc1cccc(C(F)(F)F)c1Cl)c1ccc2c(c1)NC(=O)C2(C)CC)C(C)=O. The molecule has 0 aromatic heterocycles. The standard InChI is InChI=1S/C29H28ClF3N2O5/c1-5-28(4)21-14-13-19(15-23(21)34-27(28)39)35(16-20(17(3)36)26(38)40-6-2)24(37)12-8-10-18-9-7-11-22(25(18)30)29(31,32)33/h7-9,11-16H,5-6,10H2,1-4H3,(H,34,39)/b12-8+,20-16+. The Morgan fingerprint density at radius 3 is 2.45 bits per heavy atom. The van der Waals surface area contributed by atoms with Gasteiger partial charge in [-0.3, -0.25) is 19.3 Å². The number of esters is 1. The first-order valence-electron chi connectivity index (χ1n) is 12.4. The summed E-state index contributed by atoms with van der Waals surface area (Å²) >= 11 is 5.95. The number of halogens is 4. The Kier molecular flexibility index (Phi) is 9.25. The molecule has 7 nitrogen and oxygen atoms in total. The highest BCUT2D eigenvalue weighted by atomic mass is 35.5. The molecule has 2 aromatic carbocycles. The molecule has 0 saturated heterocycles. The number of Topliss-reactive ketones (excluding diaryl/α,β-unsaturated/α-hetero) is 1. The number of ketones is 1. The Hall–Kier alpha value is -3.92. The van der Waals surface area contributed by atoms with Crippen LogP contribution in [-0.2, 0) is 41.9 Å². The lowest BCUT2D eigenvalue weighted by atomic mass is 9.81. The molecule has 11 heteroatoms. The summed E-state index contributed by atoms with van der Waals surface area (Å²) < 4.78 is 44.6. The largest absolute Gasteiger partial charge is 0.462 e. The lowest BCUT2D eigenvalue weighted by molar-refractivity contribution is -0.140. The van der Waals surface area contributed by atoms with E-state index in [9.17, 15) is 32.3 Å². The van der Waals surface area contributed by atoms with Crippen LogP contribution in [0.2, 0.25) is 5.02 Å². The van der Waals surface area contributed by atoms with Crippen LogP contribution in [0.4, 0.5) is 24.5 Å². The van der Waals surface area contributed by atoms with Crippen molar-refractivity contribution in [1.82, 2.24) is 0 Å². The molecule has 0 aliphatic carbocycles. The number of alkyl halides is 3. The predicted molar refractivity (Wildman–Crippen MR) is 145 cm³/mol. The summed E-state index contributed by atoms with van der Waals surface area (Å²) in [5.41, 5.74) is -0.571. The fourth-order valence-electron chi connectivity index (χ4n) is 4.21. The zero-order chi connectivity index (χ0) is 29.8. The molecule has 2 amide bonds. The molecule has 1 aliphatic heterocycles. The van der Waals surface area contributed by atoms with E-state index in [-0.39, 0.29) is 30.2 Å². The smallest absolute Gasteiger partial charge is 0.417 e. The van der Waals surface area contributed by atoms with Crippen LogP contribution >= 0.6 is 11.6 Å². The summed E-state index contributed by atoms with van der Waals surface area (Å²) in [6, 6.07) is 8.29. The normalized spacial score (nSPS) is 17.0. The Morgan fingerprint density at radius 1 is 1.15 bits per heavy atom. The quantitative estimate of drug-likeness (QED) is 0.167. The predicted octanol–water partition coefficient (Wildman–Crippen LogP) is 6.15. The number of anilines is 2. The van der Waals surface area contributed by atoms with Crippen molar-refractivity contribution in [2.24, 2.45) is 0 Å². The van der Waals surface area contributed by atoms with Crippen LogP contribution in [0, 0.1) is 0 Å². The van der Waals surface area contributed by atoms with Gasteiger partial charge in [0.2, 0.25) is 5.91 Å². The summed E-state index contributed by atoms with van der Waals surface area (Å²) in [6.45, 7) is 6.38. The fourth-order valence-corrected chi connectivity index (χ4v) is 4.52. The molecule has 2 aromatic rings. The van der Waals surface area contributed by atoms with Crippen LogP contribution in [0.3, 0.4) is 0 Å². The Bertz CT molecular complexity index is 1420. The third-order valence-electron chi connectivity index (χ3n) is 6.68. The molecule has 0 fully saturated rings. The number of fused-ring (bicyclic) bond motifs is 1. The van der Waals surface area contributed by atoms with Gasteiger partial charge in [0.25, 0.3) is 5.91 Å². The van der Waals surface area contributed by atoms with Crippen molar-refractivity contribution in [3.05, 3.63) is 82.0 Å². The van der Waals surface area contributed by atoms with Gasteiger partial charge in [0.15, 0.2) is 5.78 Å². The Labute approximate surface area is 234 Å². The van der Waals surface area contributed by atoms with Gasteiger partial charge in [0.1, 0.15) is 5.57 Å². The van der Waals surface area contributed by atoms with E-state index in [2.05, 4.69) is 5.32 Å². The van der Waals surface area contributed by atoms with Crippen molar-refractivity contribution in [2.45, 2.75) is 52.1 Å². The van der Waals surface area contributed by atoms with Crippen LogP contribution in [-0.4, -0.2) is 30.2 Å². The molecule has 212 valence electrons. The first-order valence-corrected chi connectivity index (χ1v) is 12.8. The lowest BCUT2D eigenvalue weighted by Crippen LogP contribution is -2.29. The Balaban J connectivity index is 2.02. The number of ether oxygens (including phenoxy) is 1. The second-order valence-electron chi connectivity index (χ2n) is 9.28. The molecule has 1 atom stereocenters. The first kappa shape index (κ1) is 30.6. The van der Waals surface area contributed by atoms with Crippen LogP contribution in [0.25, 0.3) is 0 Å². The molecule has 1 heterocycles. The van der Waals surface area contributed by atoms with E-state index in [1.54, 1.807) is 32.0 Å². The van der Waals surface area contributed by atoms with E-state index in [0.717, 1.165) is 35.7 Å². The van der Waals surface area contributed by atoms with E-state index in [1.165, 1.54) is 18.2 Å². The molecule has 3 rings (SSSR count). The number of hydrogen-bond acceptors (Lipinski definition) is 5. The molecule has 0 spiro atoms. The number of carbonyl (C=O) groups excluding carboxylic acids is 4. The average molecular weight is 577 g/mol. The maximum Gasteiger partial charge on any atom is 0.417 e. The van der Waals surface area contributed by atoms with Crippen LogP contribution < -0.4 is 10.2 Å². The fraction of sp³-hybridized carbons (Fsp3) is 0.310. The van der Waals surface area contributed by atoms with E-state index >= 15 is 0 Å². The van der Waals surface area contributed by atoms with Gasteiger partial charge in [0, 0.05) is 18.0 Å². The maximum absolute atomic E-state index is 13.4. The molecule has 0 bridgehead atoms. The topological polar surface area (TPSA) is 92.8 Å². The maximum atomic E-state index is 13.4. The van der Waals surface area contributed by atoms with Crippen molar-refractivity contribution in [1.29, 1.82) is 0 Å². The first-order chi connectivity index (χ1) is 18.7. The van der Waals surface area contributed by atoms with Crippen molar-refractivity contribution >= 4 is 46.5 Å². The minimum atomic E-state index is -4.64. The number of allylic oxidation sites excluding steroid dienone is 1. The summed E-state index contributed by atoms with van der Waals surface area (Å²) in [4.78, 5) is 51.7. The van der Waals surface area contributed by atoms with Gasteiger partial charge >= 0.3 is 12.1 Å². The monoisotopic (exact) mass is 576 g/mol. The Morgan fingerprint density at radius 2 is 1.85 bits per heavy atom. The zero-order valence-electron chi connectivity index (χ0n) is 22.3. The highest BCUT2D eigenvalue weighted by molar-refractivity contribution is 6.32. The third kappa shape index (κ3) is 6.28. The van der Waals surface area contributed by atoms with Gasteiger partial charge in [-0.1, -0.05) is 42.8 Å². The number of nitrogens with zero attached hydrogens (tertiary/aromatic N) is 1. The summed E-state index contributed by atoms with van der Waals surface area (Å²) in [6.07, 6.45) is -0.739. The minimum absolute atomic E-state index is 0.00444. The second kappa shape index (κ2) is 12.1. The molecule has 40 heavy (non-hydrogen) atoms. The number of nitrogens with one attached hydrogen (secondary N) is 1. The van der Waals surface area contributed by atoms with Gasteiger partial charge in [-0.25, -0.2) is 4.79 Å². The number of amides is 2. The zero-order valence-corrected chi connectivity index (χ0v) is 23.1. The molecular formula is C29H28ClF3N2O5. The molecule has 1 aliphatic rings. The third-order valence-corrected chi connectivity index (χ3v) is 7.13. The van der Waals surface area contributed by atoms with E-state index in [1.807, 2.05) is 6.92 Å². The van der Waals surface area contributed by atoms with Gasteiger partial charge in [-0.05, 0) is 62.9 Å². The van der Waals surface area contributed by atoms with Crippen molar-refractivity contribution in [2.75, 3.05) is 16.8 Å². The highest BCUT2D eigenvalue weighted by Gasteiger charge is 2.41. The lowest BCUT2D eigenvalue weighted by Gasteiger charge is -2.22. The molecule has 1 unspecified atom stereocenters. The van der Waals surface area contributed by atoms with E-state index in [4.69, 9.17) is 16.3 Å². The summed E-state index contributed by atoms with van der Waals surface area (Å²) in [7, 11) is 0.